The third-order valence-corrected chi connectivity index (χ3v) is 3.54. The van der Waals surface area contributed by atoms with Crippen LogP contribution in [0.5, 0.6) is 5.88 Å². The van der Waals surface area contributed by atoms with Crippen LogP contribution < -0.4 is 15.4 Å². The van der Waals surface area contributed by atoms with Gasteiger partial charge in [-0.3, -0.25) is 0 Å². The summed E-state index contributed by atoms with van der Waals surface area (Å²) in [5.74, 6) is 2.26. The van der Waals surface area contributed by atoms with Crippen molar-refractivity contribution < 1.29 is 9.47 Å². The second kappa shape index (κ2) is 10.0. The molecule has 6 nitrogen and oxygen atoms in total. The van der Waals surface area contributed by atoms with Crippen LogP contribution in [-0.4, -0.2) is 44.4 Å². The number of hydrogen-bond acceptors (Lipinski definition) is 4. The number of nitrogens with zero attached hydrogens (tertiary/aromatic N) is 2. The highest BCUT2D eigenvalue weighted by atomic mass is 16.5. The van der Waals surface area contributed by atoms with E-state index in [4.69, 9.17) is 9.47 Å². The third-order valence-electron chi connectivity index (χ3n) is 3.54. The molecule has 0 bridgehead atoms. The summed E-state index contributed by atoms with van der Waals surface area (Å²) in [6.07, 6.45) is 5.37. The van der Waals surface area contributed by atoms with Gasteiger partial charge in [0.25, 0.3) is 0 Å². The molecule has 1 aliphatic carbocycles. The lowest BCUT2D eigenvalue weighted by molar-refractivity contribution is 0.195. The van der Waals surface area contributed by atoms with Gasteiger partial charge < -0.3 is 20.1 Å². The molecule has 0 unspecified atom stereocenters. The van der Waals surface area contributed by atoms with E-state index in [9.17, 15) is 0 Å². The van der Waals surface area contributed by atoms with Crippen molar-refractivity contribution in [1.82, 2.24) is 15.6 Å². The van der Waals surface area contributed by atoms with Gasteiger partial charge in [-0.2, -0.15) is 0 Å². The lowest BCUT2D eigenvalue weighted by Gasteiger charge is -2.11. The third kappa shape index (κ3) is 7.32. The van der Waals surface area contributed by atoms with Gasteiger partial charge in [-0.1, -0.05) is 6.07 Å². The number of aromatic nitrogens is 1. The Hall–Kier alpha value is -1.82. The summed E-state index contributed by atoms with van der Waals surface area (Å²) in [6, 6.07) is 3.94. The zero-order chi connectivity index (χ0) is 16.3. The number of pyridine rings is 1. The molecule has 1 aliphatic rings. The van der Waals surface area contributed by atoms with E-state index >= 15 is 0 Å². The molecule has 1 fully saturated rings. The van der Waals surface area contributed by atoms with E-state index in [0.717, 1.165) is 50.2 Å². The van der Waals surface area contributed by atoms with Crippen molar-refractivity contribution in [3.05, 3.63) is 23.9 Å². The second-order valence-electron chi connectivity index (χ2n) is 5.73. The van der Waals surface area contributed by atoms with Crippen LogP contribution in [0, 0.1) is 5.92 Å². The van der Waals surface area contributed by atoms with Gasteiger partial charge in [-0.15, -0.1) is 0 Å². The number of rotatable bonds is 10. The van der Waals surface area contributed by atoms with Crippen molar-refractivity contribution in [3.63, 3.8) is 0 Å². The fourth-order valence-electron chi connectivity index (χ4n) is 2.01. The van der Waals surface area contributed by atoms with Crippen molar-refractivity contribution in [3.8, 4) is 5.88 Å². The maximum atomic E-state index is 5.64. The molecule has 0 atom stereocenters. The van der Waals surface area contributed by atoms with Crippen LogP contribution in [0.1, 0.15) is 31.7 Å². The van der Waals surface area contributed by atoms with Gasteiger partial charge in [0.2, 0.25) is 5.88 Å². The molecule has 0 aromatic carbocycles. The number of aliphatic imine (C=N–C) groups is 1. The molecular formula is C17H28N4O2. The van der Waals surface area contributed by atoms with Gasteiger partial charge in [0.05, 0.1) is 13.2 Å². The van der Waals surface area contributed by atoms with Gasteiger partial charge in [0, 0.05) is 39.1 Å². The summed E-state index contributed by atoms with van der Waals surface area (Å²) < 4.78 is 10.7. The highest BCUT2D eigenvalue weighted by Crippen LogP contribution is 2.29. The predicted octanol–water partition coefficient (Wildman–Crippen LogP) is 1.96. The van der Waals surface area contributed by atoms with Gasteiger partial charge in [-0.05, 0) is 37.7 Å². The molecule has 0 radical (unpaired) electrons. The molecule has 2 rings (SSSR count). The van der Waals surface area contributed by atoms with Crippen LogP contribution in [0.15, 0.2) is 23.3 Å². The van der Waals surface area contributed by atoms with Crippen LogP contribution in [0.2, 0.25) is 0 Å². The Labute approximate surface area is 138 Å². The van der Waals surface area contributed by atoms with Crippen LogP contribution in [-0.2, 0) is 11.3 Å². The predicted molar refractivity (Wildman–Crippen MR) is 91.8 cm³/mol. The first-order chi connectivity index (χ1) is 11.3. The van der Waals surface area contributed by atoms with Gasteiger partial charge in [0.15, 0.2) is 5.96 Å². The van der Waals surface area contributed by atoms with Crippen molar-refractivity contribution >= 4 is 5.96 Å². The van der Waals surface area contributed by atoms with E-state index in [1.165, 1.54) is 12.8 Å². The molecule has 0 saturated heterocycles. The minimum atomic E-state index is 0.593. The molecule has 1 aromatic heterocycles. The van der Waals surface area contributed by atoms with E-state index in [2.05, 4.69) is 27.5 Å². The monoisotopic (exact) mass is 320 g/mol. The molecule has 1 saturated carbocycles. The SMILES string of the molecule is CCNC(=NCc1ccc(OCC2CC2)nc1)NCCCOC. The fraction of sp³-hybridized carbons (Fsp3) is 0.647. The summed E-state index contributed by atoms with van der Waals surface area (Å²) in [5.41, 5.74) is 1.07. The minimum absolute atomic E-state index is 0.593. The van der Waals surface area contributed by atoms with E-state index in [-0.39, 0.29) is 0 Å². The van der Waals surface area contributed by atoms with Crippen molar-refractivity contribution in [2.45, 2.75) is 32.7 Å². The number of hydrogen-bond donors (Lipinski definition) is 2. The molecule has 1 heterocycles. The Bertz CT molecular complexity index is 472. The van der Waals surface area contributed by atoms with E-state index in [1.54, 1.807) is 7.11 Å². The highest BCUT2D eigenvalue weighted by molar-refractivity contribution is 5.79. The number of nitrogens with one attached hydrogen (secondary N) is 2. The van der Waals surface area contributed by atoms with Gasteiger partial charge in [-0.25, -0.2) is 9.98 Å². The number of ether oxygens (including phenoxy) is 2. The van der Waals surface area contributed by atoms with E-state index < -0.39 is 0 Å². The first-order valence-corrected chi connectivity index (χ1v) is 8.40. The summed E-state index contributed by atoms with van der Waals surface area (Å²) in [5, 5.41) is 6.52. The maximum absolute atomic E-state index is 5.64. The molecule has 0 amide bonds. The molecule has 6 heteroatoms. The fourth-order valence-corrected chi connectivity index (χ4v) is 2.01. The molecule has 0 aliphatic heterocycles. The summed E-state index contributed by atoms with van der Waals surface area (Å²) in [4.78, 5) is 8.91. The summed E-state index contributed by atoms with van der Waals surface area (Å²) in [7, 11) is 1.71. The summed E-state index contributed by atoms with van der Waals surface area (Å²) >= 11 is 0. The molecule has 23 heavy (non-hydrogen) atoms. The van der Waals surface area contributed by atoms with Gasteiger partial charge >= 0.3 is 0 Å². The Balaban J connectivity index is 1.77. The molecule has 1 aromatic rings. The quantitative estimate of drug-likeness (QED) is 0.392. The Kier molecular flexibility index (Phi) is 7.66. The van der Waals surface area contributed by atoms with E-state index in [1.807, 2.05) is 18.3 Å². The van der Waals surface area contributed by atoms with Crippen LogP contribution >= 0.6 is 0 Å². The van der Waals surface area contributed by atoms with Crippen molar-refractivity contribution in [2.75, 3.05) is 33.4 Å². The average Bonchev–Trinajstić information content (AvgIpc) is 3.40. The Morgan fingerprint density at radius 2 is 2.22 bits per heavy atom. The number of guanidine groups is 1. The molecular weight excluding hydrogens is 292 g/mol. The van der Waals surface area contributed by atoms with Crippen molar-refractivity contribution in [1.29, 1.82) is 0 Å². The average molecular weight is 320 g/mol. The zero-order valence-electron chi connectivity index (χ0n) is 14.2. The largest absolute Gasteiger partial charge is 0.477 e. The first kappa shape index (κ1) is 17.5. The topological polar surface area (TPSA) is 67.8 Å². The second-order valence-corrected chi connectivity index (χ2v) is 5.73. The van der Waals surface area contributed by atoms with Crippen LogP contribution in [0.3, 0.4) is 0 Å². The van der Waals surface area contributed by atoms with E-state index in [0.29, 0.717) is 12.4 Å². The molecule has 0 spiro atoms. The standard InChI is InChI=1S/C17H28N4O2/c1-3-18-17(19-9-4-10-22-2)21-12-15-7-8-16(20-11-15)23-13-14-5-6-14/h7-8,11,14H,3-6,9-10,12-13H2,1-2H3,(H2,18,19,21). The normalized spacial score (nSPS) is 14.6. The molecule has 2 N–H and O–H groups in total. The first-order valence-electron chi connectivity index (χ1n) is 8.40. The Morgan fingerprint density at radius 1 is 1.35 bits per heavy atom. The summed E-state index contributed by atoms with van der Waals surface area (Å²) in [6.45, 7) is 5.86. The van der Waals surface area contributed by atoms with Crippen LogP contribution in [0.25, 0.3) is 0 Å². The number of methoxy groups -OCH3 is 1. The Morgan fingerprint density at radius 3 is 2.87 bits per heavy atom. The maximum Gasteiger partial charge on any atom is 0.213 e. The zero-order valence-corrected chi connectivity index (χ0v) is 14.2. The van der Waals surface area contributed by atoms with Gasteiger partial charge in [0.1, 0.15) is 0 Å². The highest BCUT2D eigenvalue weighted by Gasteiger charge is 2.21. The van der Waals surface area contributed by atoms with Crippen molar-refractivity contribution in [2.24, 2.45) is 10.9 Å². The smallest absolute Gasteiger partial charge is 0.213 e. The minimum Gasteiger partial charge on any atom is -0.477 e. The lowest BCUT2D eigenvalue weighted by atomic mass is 10.3. The van der Waals surface area contributed by atoms with Crippen LogP contribution in [0.4, 0.5) is 0 Å². The lowest BCUT2D eigenvalue weighted by Crippen LogP contribution is -2.38. The molecule has 128 valence electrons.